The lowest BCUT2D eigenvalue weighted by Gasteiger charge is -2.36. The molecule has 2 heterocycles. The van der Waals surface area contributed by atoms with E-state index in [1.165, 1.54) is 0 Å². The summed E-state index contributed by atoms with van der Waals surface area (Å²) in [6.45, 7) is 2.34. The van der Waals surface area contributed by atoms with E-state index < -0.39 is 0 Å². The summed E-state index contributed by atoms with van der Waals surface area (Å²) < 4.78 is 7.10. The maximum absolute atomic E-state index is 12.9. The first-order valence-corrected chi connectivity index (χ1v) is 11.9. The molecule has 1 aliphatic heterocycles. The van der Waals surface area contributed by atoms with Gasteiger partial charge in [0.25, 0.3) is 5.56 Å². The lowest BCUT2D eigenvalue weighted by atomic mass is 9.90. The van der Waals surface area contributed by atoms with Gasteiger partial charge in [-0.25, -0.2) is 4.68 Å². The average molecular weight is 465 g/mol. The highest BCUT2D eigenvalue weighted by molar-refractivity contribution is 6.33. The smallest absolute Gasteiger partial charge is 0.287 e. The number of halogens is 2. The summed E-state index contributed by atoms with van der Waals surface area (Å²) in [5.74, 6) is 0.445. The Labute approximate surface area is 193 Å². The molecule has 0 radical (unpaired) electrons. The lowest BCUT2D eigenvalue weighted by Crippen LogP contribution is -2.38. The van der Waals surface area contributed by atoms with E-state index in [0.717, 1.165) is 69.0 Å². The van der Waals surface area contributed by atoms with Crippen LogP contribution in [0.25, 0.3) is 0 Å². The summed E-state index contributed by atoms with van der Waals surface area (Å²) in [5, 5.41) is 8.73. The van der Waals surface area contributed by atoms with Crippen LogP contribution in [0.3, 0.4) is 0 Å². The first-order chi connectivity index (χ1) is 15.0. The number of hydrogen-bond donors (Lipinski definition) is 1. The van der Waals surface area contributed by atoms with Crippen LogP contribution in [0.4, 0.5) is 11.4 Å². The van der Waals surface area contributed by atoms with Gasteiger partial charge in [0.15, 0.2) is 0 Å². The highest BCUT2D eigenvalue weighted by Gasteiger charge is 2.27. The SMILES string of the molecule is CN(c1ccc(Cl)cc1)C1CCC(n2ncc(NCC3CCCOC3)c(Cl)c2=O)CC1. The van der Waals surface area contributed by atoms with Gasteiger partial charge < -0.3 is 15.0 Å². The van der Waals surface area contributed by atoms with Crippen LogP contribution in [0, 0.1) is 5.92 Å². The van der Waals surface area contributed by atoms with Gasteiger partial charge in [-0.1, -0.05) is 23.2 Å². The van der Waals surface area contributed by atoms with E-state index in [1.807, 2.05) is 24.3 Å². The topological polar surface area (TPSA) is 59.4 Å². The molecule has 2 aliphatic rings. The van der Waals surface area contributed by atoms with Crippen molar-refractivity contribution in [3.63, 3.8) is 0 Å². The summed E-state index contributed by atoms with van der Waals surface area (Å²) in [6, 6.07) is 8.45. The van der Waals surface area contributed by atoms with Gasteiger partial charge in [-0.3, -0.25) is 4.79 Å². The van der Waals surface area contributed by atoms with Gasteiger partial charge in [0.2, 0.25) is 0 Å². The van der Waals surface area contributed by atoms with Crippen molar-refractivity contribution in [2.75, 3.05) is 37.0 Å². The van der Waals surface area contributed by atoms with Gasteiger partial charge in [0.05, 0.1) is 24.5 Å². The number of nitrogens with zero attached hydrogens (tertiary/aromatic N) is 3. The van der Waals surface area contributed by atoms with Gasteiger partial charge in [-0.15, -0.1) is 0 Å². The standard InChI is InChI=1S/C23H30Cl2N4O2/c1-28(18-6-4-17(24)5-7-18)19-8-10-20(11-9-19)29-23(30)22(25)21(14-27-29)26-13-16-3-2-12-31-15-16/h4-7,14,16,19-20,26H,2-3,8-13,15H2,1H3. The van der Waals surface area contributed by atoms with E-state index in [4.69, 9.17) is 27.9 Å². The van der Waals surface area contributed by atoms with E-state index in [1.54, 1.807) is 10.9 Å². The van der Waals surface area contributed by atoms with Crippen LogP contribution in [-0.2, 0) is 4.74 Å². The fourth-order valence-corrected chi connectivity index (χ4v) is 4.96. The molecule has 0 amide bonds. The maximum atomic E-state index is 12.9. The molecule has 31 heavy (non-hydrogen) atoms. The molecule has 2 aromatic rings. The molecule has 1 atom stereocenters. The van der Waals surface area contributed by atoms with Crippen LogP contribution in [0.1, 0.15) is 44.6 Å². The number of rotatable bonds is 6. The van der Waals surface area contributed by atoms with Crippen molar-refractivity contribution in [1.82, 2.24) is 9.78 Å². The van der Waals surface area contributed by atoms with Crippen LogP contribution in [0.15, 0.2) is 35.3 Å². The monoisotopic (exact) mass is 464 g/mol. The molecule has 1 saturated heterocycles. The Hall–Kier alpha value is -1.76. The third kappa shape index (κ3) is 5.36. The first-order valence-electron chi connectivity index (χ1n) is 11.1. The van der Waals surface area contributed by atoms with Gasteiger partial charge in [-0.05, 0) is 68.7 Å². The van der Waals surface area contributed by atoms with Crippen LogP contribution in [-0.4, -0.2) is 42.6 Å². The molecule has 1 N–H and O–H groups in total. The van der Waals surface area contributed by atoms with E-state index in [0.29, 0.717) is 17.6 Å². The minimum atomic E-state index is -0.207. The fraction of sp³-hybridized carbons (Fsp3) is 0.565. The summed E-state index contributed by atoms with van der Waals surface area (Å²) in [5.41, 5.74) is 1.57. The Balaban J connectivity index is 1.36. The predicted molar refractivity (Wildman–Crippen MR) is 127 cm³/mol. The molecule has 2 fully saturated rings. The molecule has 4 rings (SSSR count). The quantitative estimate of drug-likeness (QED) is 0.650. The van der Waals surface area contributed by atoms with Gasteiger partial charge in [0.1, 0.15) is 5.02 Å². The molecule has 1 aromatic carbocycles. The number of nitrogens with one attached hydrogen (secondary N) is 1. The van der Waals surface area contributed by atoms with E-state index in [9.17, 15) is 4.79 Å². The zero-order valence-electron chi connectivity index (χ0n) is 17.9. The average Bonchev–Trinajstić information content (AvgIpc) is 2.81. The predicted octanol–water partition coefficient (Wildman–Crippen LogP) is 5.01. The molecule has 1 saturated carbocycles. The second kappa shape index (κ2) is 10.2. The molecule has 1 unspecified atom stereocenters. The third-order valence-electron chi connectivity index (χ3n) is 6.57. The third-order valence-corrected chi connectivity index (χ3v) is 7.19. The largest absolute Gasteiger partial charge is 0.382 e. The molecule has 0 spiro atoms. The van der Waals surface area contributed by atoms with E-state index in [-0.39, 0.29) is 16.6 Å². The molecule has 8 heteroatoms. The molecule has 168 valence electrons. The number of ether oxygens (including phenoxy) is 1. The summed E-state index contributed by atoms with van der Waals surface area (Å²) in [7, 11) is 2.12. The second-order valence-corrected chi connectivity index (χ2v) is 9.45. The van der Waals surface area contributed by atoms with E-state index in [2.05, 4.69) is 22.4 Å². The molecule has 6 nitrogen and oxygen atoms in total. The van der Waals surface area contributed by atoms with Crippen molar-refractivity contribution < 1.29 is 4.74 Å². The maximum Gasteiger partial charge on any atom is 0.287 e. The Morgan fingerprint density at radius 3 is 2.58 bits per heavy atom. The van der Waals surface area contributed by atoms with Crippen molar-refractivity contribution in [3.05, 3.63) is 50.9 Å². The first kappa shape index (κ1) is 22.4. The van der Waals surface area contributed by atoms with Gasteiger partial charge >= 0.3 is 0 Å². The van der Waals surface area contributed by atoms with Crippen LogP contribution in [0.5, 0.6) is 0 Å². The minimum absolute atomic E-state index is 0.0839. The molecular formula is C23H30Cl2N4O2. The number of hydrogen-bond acceptors (Lipinski definition) is 5. The minimum Gasteiger partial charge on any atom is -0.382 e. The van der Waals surface area contributed by atoms with Crippen LogP contribution < -0.4 is 15.8 Å². The fourth-order valence-electron chi connectivity index (χ4n) is 4.63. The molecule has 1 aliphatic carbocycles. The van der Waals surface area contributed by atoms with Crippen LogP contribution in [0.2, 0.25) is 10.0 Å². The zero-order valence-corrected chi connectivity index (χ0v) is 19.4. The molecular weight excluding hydrogens is 435 g/mol. The highest BCUT2D eigenvalue weighted by Crippen LogP contribution is 2.32. The summed E-state index contributed by atoms with van der Waals surface area (Å²) >= 11 is 12.4. The molecule has 1 aromatic heterocycles. The summed E-state index contributed by atoms with van der Waals surface area (Å²) in [6.07, 6.45) is 7.70. The van der Waals surface area contributed by atoms with Crippen molar-refractivity contribution >= 4 is 34.6 Å². The van der Waals surface area contributed by atoms with E-state index >= 15 is 0 Å². The van der Waals surface area contributed by atoms with Crippen molar-refractivity contribution in [2.24, 2.45) is 5.92 Å². The lowest BCUT2D eigenvalue weighted by molar-refractivity contribution is 0.0595. The second-order valence-electron chi connectivity index (χ2n) is 8.64. The zero-order chi connectivity index (χ0) is 21.8. The number of anilines is 2. The number of aromatic nitrogens is 2. The Morgan fingerprint density at radius 1 is 1.16 bits per heavy atom. The van der Waals surface area contributed by atoms with Crippen molar-refractivity contribution in [3.8, 4) is 0 Å². The summed E-state index contributed by atoms with van der Waals surface area (Å²) in [4.78, 5) is 15.2. The van der Waals surface area contributed by atoms with Crippen LogP contribution >= 0.6 is 23.2 Å². The Bertz CT molecular complexity index is 920. The molecule has 0 bridgehead atoms. The van der Waals surface area contributed by atoms with Crippen molar-refractivity contribution in [1.29, 1.82) is 0 Å². The Kier molecular flexibility index (Phi) is 7.41. The number of benzene rings is 1. The normalized spacial score (nSPS) is 24.0. The van der Waals surface area contributed by atoms with Gasteiger partial charge in [0, 0.05) is 37.0 Å². The van der Waals surface area contributed by atoms with Gasteiger partial charge in [-0.2, -0.15) is 5.10 Å². The highest BCUT2D eigenvalue weighted by atomic mass is 35.5. The Morgan fingerprint density at radius 2 is 1.90 bits per heavy atom. The van der Waals surface area contributed by atoms with Crippen molar-refractivity contribution in [2.45, 2.75) is 50.6 Å².